The molecule has 138 valence electrons. The van der Waals surface area contributed by atoms with E-state index in [1.165, 1.54) is 0 Å². The molecule has 1 aliphatic carbocycles. The average molecular weight is 366 g/mol. The monoisotopic (exact) mass is 365 g/mol. The zero-order valence-corrected chi connectivity index (χ0v) is 15.8. The fourth-order valence-electron chi connectivity index (χ4n) is 3.46. The normalized spacial score (nSPS) is 22.9. The van der Waals surface area contributed by atoms with Gasteiger partial charge in [0.15, 0.2) is 0 Å². The molecule has 2 N–H and O–H groups in total. The van der Waals surface area contributed by atoms with Gasteiger partial charge in [-0.05, 0) is 62.9 Å². The van der Waals surface area contributed by atoms with Crippen molar-refractivity contribution in [2.75, 3.05) is 32.0 Å². The smallest absolute Gasteiger partial charge is 0.253 e. The Balaban J connectivity index is 0.00000225. The van der Waals surface area contributed by atoms with Gasteiger partial charge in [-0.25, -0.2) is 0 Å². The largest absolute Gasteiger partial charge is 0.339 e. The van der Waals surface area contributed by atoms with Crippen LogP contribution in [0.15, 0.2) is 24.3 Å². The fourth-order valence-corrected chi connectivity index (χ4v) is 3.46. The molecular formula is C19H28ClN3O2. The molecule has 0 aromatic heterocycles. The Labute approximate surface area is 155 Å². The second-order valence-electron chi connectivity index (χ2n) is 7.18. The molecule has 3 rings (SSSR count). The minimum absolute atomic E-state index is 0. The van der Waals surface area contributed by atoms with Crippen molar-refractivity contribution >= 4 is 29.9 Å². The van der Waals surface area contributed by atoms with Crippen LogP contribution in [0.2, 0.25) is 0 Å². The zero-order chi connectivity index (χ0) is 17.1. The van der Waals surface area contributed by atoms with Gasteiger partial charge in [-0.2, -0.15) is 0 Å². The lowest BCUT2D eigenvalue weighted by molar-refractivity contribution is -0.117. The van der Waals surface area contributed by atoms with Crippen LogP contribution in [-0.4, -0.2) is 43.4 Å². The minimum Gasteiger partial charge on any atom is -0.339 e. The van der Waals surface area contributed by atoms with Crippen LogP contribution in [0, 0.1) is 17.8 Å². The molecule has 2 aliphatic rings. The summed E-state index contributed by atoms with van der Waals surface area (Å²) in [5, 5.41) is 6.15. The minimum atomic E-state index is 0. The molecule has 1 aliphatic heterocycles. The van der Waals surface area contributed by atoms with Gasteiger partial charge in [0.1, 0.15) is 0 Å². The SMILES string of the molecule is CNCC1CCN(C(=O)c2cccc(NC(=O)C3CC3C)c2)CC1.Cl. The lowest BCUT2D eigenvalue weighted by atomic mass is 9.96. The molecule has 25 heavy (non-hydrogen) atoms. The van der Waals surface area contributed by atoms with Crippen molar-refractivity contribution in [3.8, 4) is 0 Å². The first-order valence-corrected chi connectivity index (χ1v) is 8.93. The van der Waals surface area contributed by atoms with Crippen LogP contribution in [0.4, 0.5) is 5.69 Å². The molecule has 2 atom stereocenters. The van der Waals surface area contributed by atoms with E-state index in [-0.39, 0.29) is 30.1 Å². The lowest BCUT2D eigenvalue weighted by Gasteiger charge is -2.32. The number of piperidine rings is 1. The summed E-state index contributed by atoms with van der Waals surface area (Å²) >= 11 is 0. The zero-order valence-electron chi connectivity index (χ0n) is 15.0. The van der Waals surface area contributed by atoms with Crippen LogP contribution in [-0.2, 0) is 4.79 Å². The van der Waals surface area contributed by atoms with Crippen molar-refractivity contribution in [1.29, 1.82) is 0 Å². The number of likely N-dealkylation sites (tertiary alicyclic amines) is 1. The number of rotatable bonds is 5. The summed E-state index contributed by atoms with van der Waals surface area (Å²) in [6.45, 7) is 4.72. The summed E-state index contributed by atoms with van der Waals surface area (Å²) in [5.74, 6) is 1.41. The molecule has 1 saturated heterocycles. The van der Waals surface area contributed by atoms with E-state index in [1.54, 1.807) is 6.07 Å². The number of anilines is 1. The second kappa shape index (κ2) is 8.68. The quantitative estimate of drug-likeness (QED) is 0.843. The first-order valence-electron chi connectivity index (χ1n) is 8.93. The van der Waals surface area contributed by atoms with Crippen molar-refractivity contribution in [1.82, 2.24) is 10.2 Å². The van der Waals surface area contributed by atoms with Crippen LogP contribution < -0.4 is 10.6 Å². The summed E-state index contributed by atoms with van der Waals surface area (Å²) in [6.07, 6.45) is 3.05. The number of nitrogens with zero attached hydrogens (tertiary/aromatic N) is 1. The topological polar surface area (TPSA) is 61.4 Å². The summed E-state index contributed by atoms with van der Waals surface area (Å²) in [4.78, 5) is 26.7. The fraction of sp³-hybridized carbons (Fsp3) is 0.579. The first kappa shape index (κ1) is 19.7. The Bertz CT molecular complexity index is 614. The van der Waals surface area contributed by atoms with Crippen LogP contribution in [0.25, 0.3) is 0 Å². The Hall–Kier alpha value is -1.59. The molecule has 0 radical (unpaired) electrons. The number of carbonyl (C=O) groups is 2. The van der Waals surface area contributed by atoms with Crippen LogP contribution in [0.5, 0.6) is 0 Å². The molecule has 6 heteroatoms. The van der Waals surface area contributed by atoms with Crippen molar-refractivity contribution in [3.05, 3.63) is 29.8 Å². The van der Waals surface area contributed by atoms with E-state index in [0.29, 0.717) is 17.4 Å². The Kier molecular flexibility index (Phi) is 6.85. The van der Waals surface area contributed by atoms with Gasteiger partial charge in [0.25, 0.3) is 5.91 Å². The Morgan fingerprint density at radius 3 is 2.52 bits per heavy atom. The first-order chi connectivity index (χ1) is 11.6. The van der Waals surface area contributed by atoms with Gasteiger partial charge < -0.3 is 15.5 Å². The standard InChI is InChI=1S/C19H27N3O2.ClH/c1-13-10-17(13)18(23)21-16-5-3-4-15(11-16)19(24)22-8-6-14(7-9-22)12-20-2;/h3-5,11,13-14,17,20H,6-10,12H2,1-2H3,(H,21,23);1H. The van der Waals surface area contributed by atoms with Gasteiger partial charge >= 0.3 is 0 Å². The maximum Gasteiger partial charge on any atom is 0.253 e. The number of benzene rings is 1. The highest BCUT2D eigenvalue weighted by atomic mass is 35.5. The number of hydrogen-bond donors (Lipinski definition) is 2. The van der Waals surface area contributed by atoms with E-state index in [9.17, 15) is 9.59 Å². The molecule has 1 aromatic carbocycles. The van der Waals surface area contributed by atoms with Gasteiger partial charge in [-0.3, -0.25) is 9.59 Å². The third-order valence-electron chi connectivity index (χ3n) is 5.22. The van der Waals surface area contributed by atoms with Crippen molar-refractivity contribution in [2.24, 2.45) is 17.8 Å². The van der Waals surface area contributed by atoms with Crippen LogP contribution in [0.3, 0.4) is 0 Å². The van der Waals surface area contributed by atoms with E-state index < -0.39 is 0 Å². The number of nitrogens with one attached hydrogen (secondary N) is 2. The predicted octanol–water partition coefficient (Wildman–Crippen LogP) is 2.77. The van der Waals surface area contributed by atoms with Crippen molar-refractivity contribution in [3.63, 3.8) is 0 Å². The van der Waals surface area contributed by atoms with E-state index in [0.717, 1.165) is 44.6 Å². The highest BCUT2D eigenvalue weighted by Crippen LogP contribution is 2.38. The maximum atomic E-state index is 12.7. The molecule has 2 unspecified atom stereocenters. The van der Waals surface area contributed by atoms with E-state index >= 15 is 0 Å². The van der Waals surface area contributed by atoms with E-state index in [1.807, 2.05) is 30.1 Å². The van der Waals surface area contributed by atoms with Gasteiger partial charge in [-0.1, -0.05) is 13.0 Å². The highest BCUT2D eigenvalue weighted by molar-refractivity contribution is 5.98. The molecule has 1 saturated carbocycles. The molecule has 5 nitrogen and oxygen atoms in total. The predicted molar refractivity (Wildman–Crippen MR) is 102 cm³/mol. The number of carbonyl (C=O) groups excluding carboxylic acids is 2. The van der Waals surface area contributed by atoms with Gasteiger partial charge in [0.05, 0.1) is 0 Å². The summed E-state index contributed by atoms with van der Waals surface area (Å²) in [7, 11) is 1.97. The average Bonchev–Trinajstić information content (AvgIpc) is 3.32. The van der Waals surface area contributed by atoms with Crippen LogP contribution in [0.1, 0.15) is 36.5 Å². The van der Waals surface area contributed by atoms with Crippen molar-refractivity contribution < 1.29 is 9.59 Å². The Morgan fingerprint density at radius 2 is 1.92 bits per heavy atom. The molecular weight excluding hydrogens is 338 g/mol. The number of hydrogen-bond acceptors (Lipinski definition) is 3. The molecule has 2 fully saturated rings. The molecule has 1 aromatic rings. The van der Waals surface area contributed by atoms with E-state index in [4.69, 9.17) is 0 Å². The third kappa shape index (κ3) is 4.95. The number of amides is 2. The van der Waals surface area contributed by atoms with E-state index in [2.05, 4.69) is 17.6 Å². The Morgan fingerprint density at radius 1 is 1.24 bits per heavy atom. The van der Waals surface area contributed by atoms with Gasteiger partial charge in [0, 0.05) is 30.3 Å². The lowest BCUT2D eigenvalue weighted by Crippen LogP contribution is -2.40. The molecule has 0 spiro atoms. The van der Waals surface area contributed by atoms with Gasteiger partial charge in [-0.15, -0.1) is 12.4 Å². The second-order valence-corrected chi connectivity index (χ2v) is 7.18. The van der Waals surface area contributed by atoms with Crippen LogP contribution >= 0.6 is 12.4 Å². The maximum absolute atomic E-state index is 12.7. The summed E-state index contributed by atoms with van der Waals surface area (Å²) in [5.41, 5.74) is 1.37. The highest BCUT2D eigenvalue weighted by Gasteiger charge is 2.39. The summed E-state index contributed by atoms with van der Waals surface area (Å²) in [6, 6.07) is 7.32. The molecule has 1 heterocycles. The summed E-state index contributed by atoms with van der Waals surface area (Å²) < 4.78 is 0. The molecule has 0 bridgehead atoms. The number of halogens is 1. The van der Waals surface area contributed by atoms with Crippen molar-refractivity contribution in [2.45, 2.75) is 26.2 Å². The molecule has 2 amide bonds. The third-order valence-corrected chi connectivity index (χ3v) is 5.22. The van der Waals surface area contributed by atoms with Gasteiger partial charge in [0.2, 0.25) is 5.91 Å².